The van der Waals surface area contributed by atoms with Crippen LogP contribution >= 0.6 is 11.6 Å². The van der Waals surface area contributed by atoms with Crippen LogP contribution in [0.25, 0.3) is 5.57 Å². The van der Waals surface area contributed by atoms with E-state index in [1.165, 1.54) is 0 Å². The van der Waals surface area contributed by atoms with Gasteiger partial charge < -0.3 is 5.73 Å². The van der Waals surface area contributed by atoms with Crippen molar-refractivity contribution in [2.24, 2.45) is 11.7 Å². The number of rotatable bonds is 1. The lowest BCUT2D eigenvalue weighted by molar-refractivity contribution is -0.121. The van der Waals surface area contributed by atoms with Crippen molar-refractivity contribution in [1.82, 2.24) is 0 Å². The van der Waals surface area contributed by atoms with E-state index in [1.54, 1.807) is 0 Å². The summed E-state index contributed by atoms with van der Waals surface area (Å²) in [6.07, 6.45) is 0.0241. The molecule has 1 aromatic carbocycles. The molecule has 0 aromatic heterocycles. The van der Waals surface area contributed by atoms with Crippen LogP contribution in [0.5, 0.6) is 0 Å². The Balaban J connectivity index is 2.13. The Bertz CT molecular complexity index is 609. The number of halogens is 1. The van der Waals surface area contributed by atoms with Gasteiger partial charge in [0.1, 0.15) is 0 Å². The number of nitrogens with two attached hydrogens (primary N) is 1. The first-order valence-electron chi connectivity index (χ1n) is 6.70. The third-order valence-electron chi connectivity index (χ3n) is 3.52. The number of allylic oxidation sites excluding steroid dienone is 1. The Morgan fingerprint density at radius 2 is 2.35 bits per heavy atom. The largest absolute Gasteiger partial charge is 0.369 e. The first-order chi connectivity index (χ1) is 8.90. The SMILES string of the molecule is [2H]C1([2H])CCC2=C(Cc3ccc(Cl)cc32)C1C(N)=O. The second kappa shape index (κ2) is 3.88. The van der Waals surface area contributed by atoms with E-state index in [1.807, 2.05) is 18.2 Å². The molecule has 1 atom stereocenters. The molecule has 2 aliphatic carbocycles. The van der Waals surface area contributed by atoms with Crippen LogP contribution in [0.3, 0.4) is 0 Å². The van der Waals surface area contributed by atoms with Crippen molar-refractivity contribution in [2.75, 3.05) is 0 Å². The highest BCUT2D eigenvalue weighted by Gasteiger charge is 2.32. The number of primary amides is 1. The average Bonchev–Trinajstić information content (AvgIpc) is 2.64. The van der Waals surface area contributed by atoms with Crippen LogP contribution in [0, 0.1) is 5.92 Å². The molecule has 1 amide bonds. The molecule has 2 aliphatic rings. The summed E-state index contributed by atoms with van der Waals surface area (Å²) in [6.45, 7) is 0. The summed E-state index contributed by atoms with van der Waals surface area (Å²) in [5.74, 6) is -1.39. The fraction of sp³-hybridized carbons (Fsp3) is 0.357. The van der Waals surface area contributed by atoms with Gasteiger partial charge in [-0.3, -0.25) is 4.79 Å². The molecule has 0 radical (unpaired) electrons. The number of hydrogen-bond donors (Lipinski definition) is 1. The highest BCUT2D eigenvalue weighted by atomic mass is 35.5. The summed E-state index contributed by atoms with van der Waals surface area (Å²) in [5, 5.41) is 0.664. The fourth-order valence-electron chi connectivity index (χ4n) is 2.78. The lowest BCUT2D eigenvalue weighted by atomic mass is 9.82. The summed E-state index contributed by atoms with van der Waals surface area (Å²) < 4.78 is 16.0. The van der Waals surface area contributed by atoms with Crippen LogP contribution in [-0.4, -0.2) is 5.91 Å². The molecule has 0 bridgehead atoms. The van der Waals surface area contributed by atoms with Crippen LogP contribution in [0.15, 0.2) is 23.8 Å². The van der Waals surface area contributed by atoms with E-state index in [2.05, 4.69) is 0 Å². The topological polar surface area (TPSA) is 43.1 Å². The quantitative estimate of drug-likeness (QED) is 0.817. The maximum Gasteiger partial charge on any atom is 0.224 e. The molecule has 17 heavy (non-hydrogen) atoms. The van der Waals surface area contributed by atoms with E-state index >= 15 is 0 Å². The minimum atomic E-state index is -1.55. The van der Waals surface area contributed by atoms with Crippen molar-refractivity contribution in [2.45, 2.75) is 25.6 Å². The minimum absolute atomic E-state index is 0.325. The highest BCUT2D eigenvalue weighted by Crippen LogP contribution is 2.44. The summed E-state index contributed by atoms with van der Waals surface area (Å²) in [5.41, 5.74) is 9.51. The third-order valence-corrected chi connectivity index (χ3v) is 3.76. The van der Waals surface area contributed by atoms with Gasteiger partial charge in [-0.25, -0.2) is 0 Å². The molecule has 1 unspecified atom stereocenters. The molecule has 3 heteroatoms. The molecule has 2 N–H and O–H groups in total. The van der Waals surface area contributed by atoms with E-state index in [-0.39, 0.29) is 0 Å². The Labute approximate surface area is 108 Å². The van der Waals surface area contributed by atoms with Crippen LogP contribution < -0.4 is 5.73 Å². The first kappa shape index (κ1) is 8.76. The number of carbonyl (C=O) groups is 1. The van der Waals surface area contributed by atoms with Crippen molar-refractivity contribution < 1.29 is 7.54 Å². The second-order valence-electron chi connectivity index (χ2n) is 4.52. The normalized spacial score (nSPS) is 27.0. The van der Waals surface area contributed by atoms with Gasteiger partial charge in [0.25, 0.3) is 0 Å². The Hall–Kier alpha value is -1.28. The Morgan fingerprint density at radius 3 is 3.12 bits per heavy atom. The zero-order chi connectivity index (χ0) is 13.8. The predicted octanol–water partition coefficient (Wildman–Crippen LogP) is 2.94. The molecule has 88 valence electrons. The van der Waals surface area contributed by atoms with Crippen molar-refractivity contribution >= 4 is 23.1 Å². The van der Waals surface area contributed by atoms with Crippen LogP contribution in [-0.2, 0) is 11.2 Å². The Morgan fingerprint density at radius 1 is 1.53 bits per heavy atom. The minimum Gasteiger partial charge on any atom is -0.369 e. The monoisotopic (exact) mass is 249 g/mol. The molecule has 0 saturated carbocycles. The van der Waals surface area contributed by atoms with Gasteiger partial charge in [0.05, 0.1) is 5.92 Å². The number of amides is 1. The van der Waals surface area contributed by atoms with Crippen LogP contribution in [0.2, 0.25) is 5.02 Å². The average molecular weight is 250 g/mol. The lowest BCUT2D eigenvalue weighted by Gasteiger charge is -2.22. The van der Waals surface area contributed by atoms with E-state index in [4.69, 9.17) is 20.1 Å². The standard InChI is InChI=1S/C14H14ClNO/c15-9-5-4-8-6-13-10(12(8)7-9)2-1-3-11(13)14(16)17/h4-5,7,11H,1-3,6H2,(H2,16,17)/i3D2. The van der Waals surface area contributed by atoms with Crippen LogP contribution in [0.4, 0.5) is 0 Å². The lowest BCUT2D eigenvalue weighted by Crippen LogP contribution is -2.27. The summed E-state index contributed by atoms with van der Waals surface area (Å²) in [6, 6.07) is 5.68. The van der Waals surface area contributed by atoms with E-state index < -0.39 is 18.2 Å². The van der Waals surface area contributed by atoms with Crippen molar-refractivity contribution in [1.29, 1.82) is 0 Å². The van der Waals surface area contributed by atoms with Gasteiger partial charge in [0, 0.05) is 7.76 Å². The molecular weight excluding hydrogens is 234 g/mol. The predicted molar refractivity (Wildman–Crippen MR) is 68.6 cm³/mol. The number of benzene rings is 1. The van der Waals surface area contributed by atoms with Gasteiger partial charge in [0.15, 0.2) is 0 Å². The molecular formula is C14H14ClNO. The molecule has 0 heterocycles. The van der Waals surface area contributed by atoms with Gasteiger partial charge in [0.2, 0.25) is 5.91 Å². The fourth-order valence-corrected chi connectivity index (χ4v) is 2.95. The third kappa shape index (κ3) is 1.67. The maximum absolute atomic E-state index is 11.7. The van der Waals surface area contributed by atoms with Crippen molar-refractivity contribution in [3.63, 3.8) is 0 Å². The molecule has 0 spiro atoms. The molecule has 0 aliphatic heterocycles. The summed E-state index contributed by atoms with van der Waals surface area (Å²) in [4.78, 5) is 11.7. The van der Waals surface area contributed by atoms with E-state index in [9.17, 15) is 4.79 Å². The molecule has 1 aromatic rings. The summed E-state index contributed by atoms with van der Waals surface area (Å²) >= 11 is 6.02. The van der Waals surface area contributed by atoms with Gasteiger partial charge in [-0.1, -0.05) is 17.7 Å². The number of fused-ring (bicyclic) bond motifs is 2. The summed E-state index contributed by atoms with van der Waals surface area (Å²) in [7, 11) is 0. The van der Waals surface area contributed by atoms with Gasteiger partial charge in [-0.2, -0.15) is 0 Å². The molecule has 0 saturated heterocycles. The number of carbonyl (C=O) groups excluding carboxylic acids is 1. The highest BCUT2D eigenvalue weighted by molar-refractivity contribution is 6.30. The molecule has 2 nitrogen and oxygen atoms in total. The van der Waals surface area contributed by atoms with Gasteiger partial charge in [-0.05, 0) is 60.0 Å². The van der Waals surface area contributed by atoms with E-state index in [0.29, 0.717) is 24.3 Å². The Kier molecular flexibility index (Phi) is 2.00. The first-order valence-corrected chi connectivity index (χ1v) is 6.08. The smallest absolute Gasteiger partial charge is 0.224 e. The van der Waals surface area contributed by atoms with Crippen molar-refractivity contribution in [3.8, 4) is 0 Å². The zero-order valence-electron chi connectivity index (χ0n) is 11.3. The maximum atomic E-state index is 11.7. The van der Waals surface area contributed by atoms with Gasteiger partial charge >= 0.3 is 0 Å². The zero-order valence-corrected chi connectivity index (χ0v) is 10.1. The van der Waals surface area contributed by atoms with Gasteiger partial charge in [-0.15, -0.1) is 0 Å². The van der Waals surface area contributed by atoms with Crippen molar-refractivity contribution in [3.05, 3.63) is 39.9 Å². The molecule has 0 fully saturated rings. The van der Waals surface area contributed by atoms with E-state index in [0.717, 1.165) is 22.3 Å². The second-order valence-corrected chi connectivity index (χ2v) is 4.96. The molecule has 3 rings (SSSR count). The van der Waals surface area contributed by atoms with Crippen LogP contribution in [0.1, 0.15) is 33.1 Å². The number of hydrogen-bond acceptors (Lipinski definition) is 1.